The van der Waals surface area contributed by atoms with Crippen LogP contribution in [-0.4, -0.2) is 5.52 Å². The van der Waals surface area contributed by atoms with E-state index in [0.29, 0.717) is 5.52 Å². The topological polar surface area (TPSA) is 9.23 Å². The van der Waals surface area contributed by atoms with Gasteiger partial charge in [0.1, 0.15) is 11.3 Å². The van der Waals surface area contributed by atoms with E-state index >= 15 is 0 Å². The first-order valence-corrected chi connectivity index (χ1v) is 5.31. The second-order valence-electron chi connectivity index (χ2n) is 3.07. The molecule has 0 radical (unpaired) electrons. The average molecular weight is 227 g/mol. The van der Waals surface area contributed by atoms with Gasteiger partial charge in [0.15, 0.2) is 0 Å². The molecule has 12 heavy (non-hydrogen) atoms. The van der Waals surface area contributed by atoms with Crippen LogP contribution in [0, 0.1) is 0 Å². The normalized spacial score (nSPS) is 16.1. The predicted octanol–water partition coefficient (Wildman–Crippen LogP) is 3.30. The Morgan fingerprint density at radius 2 is 2.08 bits per heavy atom. The van der Waals surface area contributed by atoms with E-state index < -0.39 is 0 Å². The van der Waals surface area contributed by atoms with Gasteiger partial charge in [-0.3, -0.25) is 0 Å². The van der Waals surface area contributed by atoms with E-state index in [1.165, 1.54) is 18.4 Å². The molecule has 1 aromatic rings. The number of benzene rings is 1. The van der Waals surface area contributed by atoms with E-state index in [1.807, 2.05) is 12.1 Å². The lowest BCUT2D eigenvalue weighted by Crippen LogP contribution is -1.92. The van der Waals surface area contributed by atoms with Gasteiger partial charge in [-0.05, 0) is 46.3 Å². The first-order chi connectivity index (χ1) is 5.92. The number of halogens is 1. The molecule has 1 aliphatic carbocycles. The van der Waals surface area contributed by atoms with Gasteiger partial charge in [-0.2, -0.15) is 0 Å². The fourth-order valence-corrected chi connectivity index (χ4v) is 1.65. The van der Waals surface area contributed by atoms with Gasteiger partial charge in [-0.1, -0.05) is 18.2 Å². The SMILES string of the molecule is BrCOc1ccccc1C1CC1. The van der Waals surface area contributed by atoms with Gasteiger partial charge in [0.2, 0.25) is 0 Å². The highest BCUT2D eigenvalue weighted by atomic mass is 79.9. The number of ether oxygens (including phenoxy) is 1. The Bertz CT molecular complexity index is 268. The van der Waals surface area contributed by atoms with Crippen LogP contribution in [0.5, 0.6) is 5.75 Å². The smallest absolute Gasteiger partial charge is 0.143 e. The molecule has 0 N–H and O–H groups in total. The summed E-state index contributed by atoms with van der Waals surface area (Å²) in [7, 11) is 0. The second kappa shape index (κ2) is 3.48. The fourth-order valence-electron chi connectivity index (χ4n) is 1.40. The summed E-state index contributed by atoms with van der Waals surface area (Å²) in [6.45, 7) is 0. The van der Waals surface area contributed by atoms with Gasteiger partial charge < -0.3 is 4.74 Å². The summed E-state index contributed by atoms with van der Waals surface area (Å²) in [4.78, 5) is 0. The van der Waals surface area contributed by atoms with Gasteiger partial charge in [0.05, 0.1) is 0 Å². The minimum absolute atomic E-state index is 0.580. The second-order valence-corrected chi connectivity index (χ2v) is 3.52. The van der Waals surface area contributed by atoms with Crippen molar-refractivity contribution in [3.63, 3.8) is 0 Å². The van der Waals surface area contributed by atoms with E-state index in [1.54, 1.807) is 0 Å². The summed E-state index contributed by atoms with van der Waals surface area (Å²) < 4.78 is 5.45. The van der Waals surface area contributed by atoms with E-state index in [2.05, 4.69) is 28.1 Å². The number of para-hydroxylation sites is 1. The van der Waals surface area contributed by atoms with Crippen molar-refractivity contribution in [3.8, 4) is 5.75 Å². The van der Waals surface area contributed by atoms with Crippen LogP contribution in [0.4, 0.5) is 0 Å². The Kier molecular flexibility index (Phi) is 2.35. The van der Waals surface area contributed by atoms with Crippen LogP contribution >= 0.6 is 15.9 Å². The Morgan fingerprint density at radius 3 is 2.75 bits per heavy atom. The zero-order chi connectivity index (χ0) is 8.39. The van der Waals surface area contributed by atoms with E-state index in [4.69, 9.17) is 4.74 Å². The molecule has 64 valence electrons. The third-order valence-corrected chi connectivity index (χ3v) is 2.38. The Balaban J connectivity index is 2.24. The number of rotatable bonds is 3. The van der Waals surface area contributed by atoms with Crippen LogP contribution in [-0.2, 0) is 0 Å². The minimum atomic E-state index is 0.580. The lowest BCUT2D eigenvalue weighted by atomic mass is 10.1. The standard InChI is InChI=1S/C10H11BrO/c11-7-12-10-4-2-1-3-9(10)8-5-6-8/h1-4,8H,5-7H2. The van der Waals surface area contributed by atoms with Crippen molar-refractivity contribution < 1.29 is 4.74 Å². The third-order valence-electron chi connectivity index (χ3n) is 2.15. The fraction of sp³-hybridized carbons (Fsp3) is 0.400. The quantitative estimate of drug-likeness (QED) is 0.720. The highest BCUT2D eigenvalue weighted by molar-refractivity contribution is 9.09. The van der Waals surface area contributed by atoms with Crippen molar-refractivity contribution in [2.45, 2.75) is 18.8 Å². The Morgan fingerprint density at radius 1 is 1.33 bits per heavy atom. The molecule has 0 bridgehead atoms. The molecule has 0 atom stereocenters. The Hall–Kier alpha value is -0.500. The van der Waals surface area contributed by atoms with Crippen molar-refractivity contribution in [1.82, 2.24) is 0 Å². The molecule has 0 heterocycles. The molecule has 1 fully saturated rings. The molecular formula is C10H11BrO. The zero-order valence-corrected chi connectivity index (χ0v) is 8.38. The van der Waals surface area contributed by atoms with E-state index in [-0.39, 0.29) is 0 Å². The number of alkyl halides is 1. The first kappa shape index (κ1) is 8.11. The van der Waals surface area contributed by atoms with Gasteiger partial charge in [0, 0.05) is 0 Å². The summed E-state index contributed by atoms with van der Waals surface area (Å²) in [6, 6.07) is 8.29. The van der Waals surface area contributed by atoms with Crippen molar-refractivity contribution in [2.75, 3.05) is 5.52 Å². The molecule has 1 nitrogen and oxygen atoms in total. The van der Waals surface area contributed by atoms with Crippen molar-refractivity contribution >= 4 is 15.9 Å². The summed E-state index contributed by atoms with van der Waals surface area (Å²) >= 11 is 3.27. The van der Waals surface area contributed by atoms with Crippen molar-refractivity contribution in [1.29, 1.82) is 0 Å². The Labute approximate surface area is 80.9 Å². The summed E-state index contributed by atoms with van der Waals surface area (Å²) in [6.07, 6.45) is 2.64. The predicted molar refractivity (Wildman–Crippen MR) is 52.8 cm³/mol. The molecule has 0 aliphatic heterocycles. The third kappa shape index (κ3) is 1.63. The maximum absolute atomic E-state index is 5.45. The largest absolute Gasteiger partial charge is 0.482 e. The summed E-state index contributed by atoms with van der Waals surface area (Å²) in [5.41, 5.74) is 1.95. The number of hydrogen-bond acceptors (Lipinski definition) is 1. The minimum Gasteiger partial charge on any atom is -0.482 e. The van der Waals surface area contributed by atoms with Crippen molar-refractivity contribution in [2.24, 2.45) is 0 Å². The lowest BCUT2D eigenvalue weighted by molar-refractivity contribution is 0.393. The molecule has 2 rings (SSSR count). The van der Waals surface area contributed by atoms with E-state index in [9.17, 15) is 0 Å². The molecule has 0 aromatic heterocycles. The maximum atomic E-state index is 5.45. The van der Waals surface area contributed by atoms with Gasteiger partial charge in [0.25, 0.3) is 0 Å². The van der Waals surface area contributed by atoms with Crippen LogP contribution in [0.1, 0.15) is 24.3 Å². The van der Waals surface area contributed by atoms with Crippen LogP contribution in [0.25, 0.3) is 0 Å². The molecule has 0 unspecified atom stereocenters. The van der Waals surface area contributed by atoms with Gasteiger partial charge in [-0.25, -0.2) is 0 Å². The van der Waals surface area contributed by atoms with Crippen LogP contribution in [0.15, 0.2) is 24.3 Å². The number of hydrogen-bond donors (Lipinski definition) is 0. The molecule has 0 saturated heterocycles. The summed E-state index contributed by atoms with van der Waals surface area (Å²) in [5.74, 6) is 1.80. The first-order valence-electron chi connectivity index (χ1n) is 4.19. The maximum Gasteiger partial charge on any atom is 0.143 e. The molecule has 0 spiro atoms. The molecule has 1 aromatic carbocycles. The molecule has 2 heteroatoms. The average Bonchev–Trinajstić information content (AvgIpc) is 2.89. The van der Waals surface area contributed by atoms with E-state index in [0.717, 1.165) is 11.7 Å². The summed E-state index contributed by atoms with van der Waals surface area (Å²) in [5, 5.41) is 0. The molecule has 1 saturated carbocycles. The highest BCUT2D eigenvalue weighted by Crippen LogP contribution is 2.44. The highest BCUT2D eigenvalue weighted by Gasteiger charge is 2.26. The van der Waals surface area contributed by atoms with Crippen LogP contribution in [0.3, 0.4) is 0 Å². The van der Waals surface area contributed by atoms with Crippen LogP contribution in [0.2, 0.25) is 0 Å². The molecular weight excluding hydrogens is 216 g/mol. The van der Waals surface area contributed by atoms with Gasteiger partial charge in [-0.15, -0.1) is 0 Å². The van der Waals surface area contributed by atoms with Crippen LogP contribution < -0.4 is 4.74 Å². The monoisotopic (exact) mass is 226 g/mol. The lowest BCUT2D eigenvalue weighted by Gasteiger charge is -2.07. The zero-order valence-electron chi connectivity index (χ0n) is 6.79. The van der Waals surface area contributed by atoms with Crippen molar-refractivity contribution in [3.05, 3.63) is 29.8 Å². The van der Waals surface area contributed by atoms with Gasteiger partial charge >= 0.3 is 0 Å². The molecule has 0 amide bonds. The molecule has 1 aliphatic rings.